The van der Waals surface area contributed by atoms with Crippen LogP contribution in [0.4, 0.5) is 0 Å². The highest BCUT2D eigenvalue weighted by Gasteiger charge is 2.33. The van der Waals surface area contributed by atoms with Gasteiger partial charge in [0.2, 0.25) is 0 Å². The number of carboxylic acids is 1. The number of carbonyl (C=O) groups excluding carboxylic acids is 1. The van der Waals surface area contributed by atoms with Crippen molar-refractivity contribution < 1.29 is 14.7 Å². The highest BCUT2D eigenvalue weighted by molar-refractivity contribution is 8.25. The fourth-order valence-corrected chi connectivity index (χ4v) is 5.35. The number of hydrogen-bond acceptors (Lipinski definition) is 4. The van der Waals surface area contributed by atoms with Crippen molar-refractivity contribution in [1.29, 1.82) is 0 Å². The Balaban J connectivity index is 1.42. The number of carbonyl (C=O) groups is 2. The summed E-state index contributed by atoms with van der Waals surface area (Å²) in [5.41, 5.74) is 3.38. The number of nitrogens with zero attached hydrogens (tertiary/aromatic N) is 1. The van der Waals surface area contributed by atoms with Crippen LogP contribution in [0.25, 0.3) is 12.2 Å². The first-order chi connectivity index (χ1) is 16.9. The molecule has 3 aromatic rings. The van der Waals surface area contributed by atoms with Crippen LogP contribution in [-0.2, 0) is 11.2 Å². The van der Waals surface area contributed by atoms with Crippen LogP contribution in [0.2, 0.25) is 5.02 Å². The second-order valence-electron chi connectivity index (χ2n) is 8.02. The second kappa shape index (κ2) is 11.5. The lowest BCUT2D eigenvalue weighted by Gasteiger charge is -2.25. The molecule has 0 bridgehead atoms. The number of aliphatic carboxylic acids is 1. The molecule has 0 radical (unpaired) electrons. The molecule has 35 heavy (non-hydrogen) atoms. The van der Waals surface area contributed by atoms with Crippen molar-refractivity contribution in [1.82, 2.24) is 4.90 Å². The maximum Gasteiger partial charge on any atom is 0.326 e. The summed E-state index contributed by atoms with van der Waals surface area (Å²) in [5, 5.41) is 10.4. The van der Waals surface area contributed by atoms with Gasteiger partial charge in [0, 0.05) is 21.9 Å². The number of hydrogen-bond donors (Lipinski definition) is 1. The van der Waals surface area contributed by atoms with Gasteiger partial charge in [0.15, 0.2) is 5.78 Å². The van der Waals surface area contributed by atoms with Crippen molar-refractivity contribution in [2.75, 3.05) is 6.54 Å². The van der Waals surface area contributed by atoms with Gasteiger partial charge in [-0.05, 0) is 41.0 Å². The van der Waals surface area contributed by atoms with Crippen LogP contribution in [0.1, 0.15) is 27.0 Å². The van der Waals surface area contributed by atoms with E-state index in [1.54, 1.807) is 35.2 Å². The molecule has 176 valence electrons. The molecule has 1 saturated heterocycles. The van der Waals surface area contributed by atoms with Gasteiger partial charge in [0.05, 0.1) is 6.54 Å². The fourth-order valence-electron chi connectivity index (χ4n) is 3.72. The van der Waals surface area contributed by atoms with E-state index in [9.17, 15) is 14.7 Å². The quantitative estimate of drug-likeness (QED) is 0.205. The Hall–Kier alpha value is -3.19. The van der Waals surface area contributed by atoms with Gasteiger partial charge in [0.25, 0.3) is 0 Å². The van der Waals surface area contributed by atoms with Gasteiger partial charge in [-0.15, -0.1) is 0 Å². The molecule has 1 heterocycles. The predicted molar refractivity (Wildman–Crippen MR) is 148 cm³/mol. The van der Waals surface area contributed by atoms with E-state index in [1.807, 2.05) is 60.7 Å². The van der Waals surface area contributed by atoms with Crippen molar-refractivity contribution in [3.05, 3.63) is 117 Å². The van der Waals surface area contributed by atoms with Gasteiger partial charge in [-0.3, -0.25) is 4.79 Å². The van der Waals surface area contributed by atoms with E-state index in [1.165, 1.54) is 17.8 Å². The predicted octanol–water partition coefficient (Wildman–Crippen LogP) is 6.61. The van der Waals surface area contributed by atoms with Crippen LogP contribution in [0, 0.1) is 0 Å². The molecule has 0 unspecified atom stereocenters. The van der Waals surface area contributed by atoms with Crippen molar-refractivity contribution in [2.24, 2.45) is 0 Å². The Labute approximate surface area is 218 Å². The largest absolute Gasteiger partial charge is 0.480 e. The minimum Gasteiger partial charge on any atom is -0.480 e. The monoisotopic (exact) mass is 519 g/mol. The molecule has 0 amide bonds. The fraction of sp³-hybridized carbons (Fsp3) is 0.107. The van der Waals surface area contributed by atoms with E-state index in [-0.39, 0.29) is 5.78 Å². The highest BCUT2D eigenvalue weighted by Crippen LogP contribution is 2.33. The zero-order valence-electron chi connectivity index (χ0n) is 18.6. The minimum absolute atomic E-state index is 0.113. The summed E-state index contributed by atoms with van der Waals surface area (Å²) in [6.45, 7) is 0.461. The van der Waals surface area contributed by atoms with E-state index in [0.29, 0.717) is 27.9 Å². The smallest absolute Gasteiger partial charge is 0.326 e. The molecule has 1 fully saturated rings. The van der Waals surface area contributed by atoms with Gasteiger partial charge in [-0.2, -0.15) is 0 Å². The third-order valence-electron chi connectivity index (χ3n) is 5.51. The molecule has 1 aliphatic heterocycles. The first-order valence-electron chi connectivity index (χ1n) is 10.9. The molecular formula is C28H22ClNO3S2. The van der Waals surface area contributed by atoms with Gasteiger partial charge >= 0.3 is 5.97 Å². The summed E-state index contributed by atoms with van der Waals surface area (Å²) in [4.78, 5) is 27.1. The molecule has 0 spiro atoms. The Morgan fingerprint density at radius 1 is 1.03 bits per heavy atom. The summed E-state index contributed by atoms with van der Waals surface area (Å²) in [6, 6.07) is 23.5. The SMILES string of the molecule is O=C(/C=C/c1ccc(/C=C2/CN([C@@H](Cc3ccccc3)C(=O)O)C(=S)S2)cc1)c1cccc(Cl)c1. The van der Waals surface area contributed by atoms with Crippen LogP contribution in [0.15, 0.2) is 89.8 Å². The van der Waals surface area contributed by atoms with Crippen LogP contribution >= 0.6 is 35.6 Å². The molecular weight excluding hydrogens is 498 g/mol. The van der Waals surface area contributed by atoms with Crippen LogP contribution in [0.3, 0.4) is 0 Å². The summed E-state index contributed by atoms with van der Waals surface area (Å²) >= 11 is 12.9. The van der Waals surface area contributed by atoms with E-state index < -0.39 is 12.0 Å². The number of thioether (sulfide) groups is 1. The number of allylic oxidation sites excluding steroid dienone is 1. The molecule has 0 aromatic heterocycles. The highest BCUT2D eigenvalue weighted by atomic mass is 35.5. The molecule has 4 rings (SSSR count). The molecule has 1 N–H and O–H groups in total. The number of carboxylic acid groups (broad SMARTS) is 1. The Morgan fingerprint density at radius 2 is 1.74 bits per heavy atom. The average molecular weight is 520 g/mol. The van der Waals surface area contributed by atoms with Crippen molar-refractivity contribution >= 4 is 63.8 Å². The molecule has 7 heteroatoms. The maximum absolute atomic E-state index is 12.3. The summed E-state index contributed by atoms with van der Waals surface area (Å²) < 4.78 is 0.568. The number of halogens is 1. The van der Waals surface area contributed by atoms with Crippen molar-refractivity contribution in [3.63, 3.8) is 0 Å². The van der Waals surface area contributed by atoms with E-state index in [2.05, 4.69) is 0 Å². The average Bonchev–Trinajstić information content (AvgIpc) is 3.21. The minimum atomic E-state index is -0.887. The van der Waals surface area contributed by atoms with Gasteiger partial charge < -0.3 is 10.0 Å². The number of thiocarbonyl (C=S) groups is 1. The van der Waals surface area contributed by atoms with E-state index >= 15 is 0 Å². The van der Waals surface area contributed by atoms with Crippen molar-refractivity contribution in [3.8, 4) is 0 Å². The first-order valence-corrected chi connectivity index (χ1v) is 12.5. The van der Waals surface area contributed by atoms with Crippen LogP contribution in [0.5, 0.6) is 0 Å². The summed E-state index contributed by atoms with van der Waals surface area (Å²) in [5.74, 6) is -1.00. The lowest BCUT2D eigenvalue weighted by atomic mass is 10.0. The Morgan fingerprint density at radius 3 is 2.43 bits per heavy atom. The molecule has 1 atom stereocenters. The number of benzene rings is 3. The van der Waals surface area contributed by atoms with Crippen LogP contribution < -0.4 is 0 Å². The molecule has 3 aromatic carbocycles. The van der Waals surface area contributed by atoms with E-state index in [0.717, 1.165) is 21.6 Å². The lowest BCUT2D eigenvalue weighted by molar-refractivity contribution is -0.141. The van der Waals surface area contributed by atoms with Gasteiger partial charge in [-0.25, -0.2) is 4.79 Å². The van der Waals surface area contributed by atoms with Crippen LogP contribution in [-0.4, -0.2) is 38.7 Å². The molecule has 0 aliphatic carbocycles. The number of rotatable bonds is 8. The maximum atomic E-state index is 12.3. The van der Waals surface area contributed by atoms with Crippen molar-refractivity contribution in [2.45, 2.75) is 12.5 Å². The second-order valence-corrected chi connectivity index (χ2v) is 10.2. The third kappa shape index (κ3) is 6.69. The zero-order valence-corrected chi connectivity index (χ0v) is 21.0. The Bertz CT molecular complexity index is 1300. The van der Waals surface area contributed by atoms with Gasteiger partial charge in [-0.1, -0.05) is 108 Å². The van der Waals surface area contributed by atoms with Gasteiger partial charge in [0.1, 0.15) is 10.4 Å². The van der Waals surface area contributed by atoms with E-state index in [4.69, 9.17) is 23.8 Å². The summed E-state index contributed by atoms with van der Waals surface area (Å²) in [6.07, 6.45) is 5.70. The molecule has 4 nitrogen and oxygen atoms in total. The first kappa shape index (κ1) is 24.9. The molecule has 0 saturated carbocycles. The topological polar surface area (TPSA) is 57.6 Å². The third-order valence-corrected chi connectivity index (χ3v) is 7.15. The molecule has 1 aliphatic rings. The Kier molecular flexibility index (Phi) is 8.18. The zero-order chi connectivity index (χ0) is 24.8. The lowest BCUT2D eigenvalue weighted by Crippen LogP contribution is -2.42. The standard InChI is InChI=1S/C28H22ClNO3S2/c29-23-8-4-7-22(17-23)26(31)14-13-19-9-11-21(12-10-19)15-24-18-30(28(34)35-24)25(27(32)33)16-20-5-2-1-3-6-20/h1-15,17,25H,16,18H2,(H,32,33)/b14-13+,24-15-/t25-/m0/s1. The summed E-state index contributed by atoms with van der Waals surface area (Å²) in [7, 11) is 0. The normalized spacial score (nSPS) is 15.6. The number of ketones is 1.